The van der Waals surface area contributed by atoms with Gasteiger partial charge >= 0.3 is 0 Å². The molecule has 8 nitrogen and oxygen atoms in total. The van der Waals surface area contributed by atoms with Gasteiger partial charge in [-0.2, -0.15) is 0 Å². The number of aromatic nitrogens is 2. The molecule has 0 spiro atoms. The van der Waals surface area contributed by atoms with Gasteiger partial charge in [-0.25, -0.2) is 0 Å². The molecule has 40 heavy (non-hydrogen) atoms. The van der Waals surface area contributed by atoms with E-state index in [-0.39, 0.29) is 13.6 Å². The van der Waals surface area contributed by atoms with Crippen molar-refractivity contribution in [2.24, 2.45) is 14.1 Å². The monoisotopic (exact) mass is 536 g/mol. The summed E-state index contributed by atoms with van der Waals surface area (Å²) in [7, 11) is 6.97. The number of aldehydes is 2. The predicted octanol–water partition coefficient (Wildman–Crippen LogP) is 6.23. The largest absolute Gasteiger partial charge is 0.465 e. The lowest BCUT2D eigenvalue weighted by Gasteiger charge is -2.21. The molecular formula is C32H28N2O6. The van der Waals surface area contributed by atoms with Crippen LogP contribution in [-0.4, -0.2) is 49.5 Å². The molecule has 2 heterocycles. The van der Waals surface area contributed by atoms with E-state index in [2.05, 4.69) is 0 Å². The lowest BCUT2D eigenvalue weighted by molar-refractivity contribution is 0.0509. The van der Waals surface area contributed by atoms with Crippen molar-refractivity contribution in [2.75, 3.05) is 27.8 Å². The third-order valence-electron chi connectivity index (χ3n) is 7.50. The lowest BCUT2D eigenvalue weighted by atomic mass is 9.91. The van der Waals surface area contributed by atoms with Crippen molar-refractivity contribution in [3.8, 4) is 22.6 Å². The van der Waals surface area contributed by atoms with Crippen LogP contribution in [-0.2, 0) is 23.6 Å². The van der Waals surface area contributed by atoms with Gasteiger partial charge in [0.25, 0.3) is 0 Å². The van der Waals surface area contributed by atoms with Gasteiger partial charge in [-0.15, -0.1) is 0 Å². The highest BCUT2D eigenvalue weighted by Gasteiger charge is 2.29. The Kier molecular flexibility index (Phi) is 6.50. The summed E-state index contributed by atoms with van der Waals surface area (Å²) >= 11 is 0. The fourth-order valence-electron chi connectivity index (χ4n) is 5.86. The molecule has 4 aromatic carbocycles. The Bertz CT molecular complexity index is 1810. The topological polar surface area (TPSA) is 80.9 Å². The summed E-state index contributed by atoms with van der Waals surface area (Å²) in [5, 5.41) is 3.67. The van der Waals surface area contributed by atoms with Crippen LogP contribution in [0.1, 0.15) is 20.7 Å². The van der Waals surface area contributed by atoms with E-state index in [9.17, 15) is 9.59 Å². The molecule has 0 fully saturated rings. The Morgan fingerprint density at radius 1 is 0.625 bits per heavy atom. The molecule has 202 valence electrons. The maximum absolute atomic E-state index is 12.8. The third-order valence-corrected chi connectivity index (χ3v) is 7.50. The highest BCUT2D eigenvalue weighted by Crippen LogP contribution is 2.50. The number of methoxy groups -OCH3 is 2. The third kappa shape index (κ3) is 3.68. The molecule has 0 bridgehead atoms. The second-order valence-corrected chi connectivity index (χ2v) is 9.62. The van der Waals surface area contributed by atoms with E-state index in [0.29, 0.717) is 33.8 Å². The van der Waals surface area contributed by atoms with E-state index in [1.165, 1.54) is 14.2 Å². The minimum Gasteiger partial charge on any atom is -0.465 e. The summed E-state index contributed by atoms with van der Waals surface area (Å²) in [6, 6.07) is 19.6. The molecule has 2 aromatic heterocycles. The quantitative estimate of drug-likeness (QED) is 0.161. The number of benzene rings is 4. The minimum absolute atomic E-state index is 0.0626. The van der Waals surface area contributed by atoms with Crippen LogP contribution < -0.4 is 9.47 Å². The number of hydrogen-bond acceptors (Lipinski definition) is 6. The lowest BCUT2D eigenvalue weighted by Crippen LogP contribution is -2.08. The van der Waals surface area contributed by atoms with Gasteiger partial charge in [-0.1, -0.05) is 36.4 Å². The fraction of sp³-hybridized carbons (Fsp3) is 0.188. The van der Waals surface area contributed by atoms with Crippen molar-refractivity contribution in [2.45, 2.75) is 0 Å². The Morgan fingerprint density at radius 2 is 1.02 bits per heavy atom. The van der Waals surface area contributed by atoms with Gasteiger partial charge in [0.05, 0.1) is 11.0 Å². The first-order valence-corrected chi connectivity index (χ1v) is 12.8. The van der Waals surface area contributed by atoms with E-state index >= 15 is 0 Å². The van der Waals surface area contributed by atoms with Crippen LogP contribution in [0.2, 0.25) is 0 Å². The second kappa shape index (κ2) is 10.1. The number of carbonyl (C=O) groups is 2. The average molecular weight is 537 g/mol. The number of ether oxygens (including phenoxy) is 4. The van der Waals surface area contributed by atoms with Crippen LogP contribution in [0, 0.1) is 0 Å². The Hall–Kier alpha value is -4.66. The van der Waals surface area contributed by atoms with Gasteiger partial charge in [0.15, 0.2) is 37.7 Å². The number of nitrogens with zero attached hydrogens (tertiary/aromatic N) is 2. The molecule has 0 aliphatic rings. The summed E-state index contributed by atoms with van der Waals surface area (Å²) in [5.74, 6) is 0.840. The standard InChI is InChI=1S/C32H28N2O6/c1-33-25-11-7-5-9-21(25)23-13-19(15-35)27(31(29(23)33)39-17-37-3)28-20(16-36)14-24-22-10-6-8-12-26(22)34(2)30(24)32(28)40-18-38-4/h5-16H,17-18H2,1-4H3. The summed E-state index contributed by atoms with van der Waals surface area (Å²) in [6.45, 7) is -0.125. The molecule has 0 atom stereocenters. The molecule has 0 amide bonds. The molecule has 0 saturated carbocycles. The first-order chi connectivity index (χ1) is 19.5. The summed E-state index contributed by atoms with van der Waals surface area (Å²) in [5.41, 5.74) is 5.11. The molecule has 8 heteroatoms. The molecule has 0 N–H and O–H groups in total. The van der Waals surface area contributed by atoms with Crippen molar-refractivity contribution in [3.05, 3.63) is 71.8 Å². The number of fused-ring (bicyclic) bond motifs is 6. The van der Waals surface area contributed by atoms with E-state index in [1.54, 1.807) is 0 Å². The highest BCUT2D eigenvalue weighted by atomic mass is 16.7. The van der Waals surface area contributed by atoms with Gasteiger partial charge in [-0.3, -0.25) is 9.59 Å². The summed E-state index contributed by atoms with van der Waals surface area (Å²) in [4.78, 5) is 25.5. The number of rotatable bonds is 9. The zero-order valence-corrected chi connectivity index (χ0v) is 22.7. The molecule has 0 saturated heterocycles. The first-order valence-electron chi connectivity index (χ1n) is 12.8. The smallest absolute Gasteiger partial charge is 0.188 e. The van der Waals surface area contributed by atoms with E-state index in [4.69, 9.17) is 18.9 Å². The molecule has 0 radical (unpaired) electrons. The van der Waals surface area contributed by atoms with Gasteiger partial charge in [0.2, 0.25) is 0 Å². The predicted molar refractivity (Wildman–Crippen MR) is 156 cm³/mol. The SMILES string of the molecule is COCOc1c(-c2c(C=O)cc3c4ccccc4n(C)c3c2OCOC)c(C=O)cc2c3ccccc3n(C)c12. The summed E-state index contributed by atoms with van der Waals surface area (Å²) < 4.78 is 27.2. The van der Waals surface area contributed by atoms with Crippen LogP contribution in [0.15, 0.2) is 60.7 Å². The van der Waals surface area contributed by atoms with Crippen molar-refractivity contribution in [1.29, 1.82) is 0 Å². The number of hydrogen-bond donors (Lipinski definition) is 0. The number of carbonyl (C=O) groups excluding carboxylic acids is 2. The van der Waals surface area contributed by atoms with Gasteiger partial charge in [0.1, 0.15) is 0 Å². The van der Waals surface area contributed by atoms with Crippen molar-refractivity contribution >= 4 is 56.2 Å². The van der Waals surface area contributed by atoms with Gasteiger partial charge in [0, 0.05) is 83.1 Å². The average Bonchev–Trinajstić information content (AvgIpc) is 3.44. The van der Waals surface area contributed by atoms with Crippen LogP contribution in [0.3, 0.4) is 0 Å². The zero-order valence-electron chi connectivity index (χ0n) is 22.7. The van der Waals surface area contributed by atoms with Crippen LogP contribution in [0.5, 0.6) is 11.5 Å². The fourth-order valence-corrected chi connectivity index (χ4v) is 5.86. The molecule has 6 rings (SSSR count). The Balaban J connectivity index is 1.84. The highest BCUT2D eigenvalue weighted by molar-refractivity contribution is 6.19. The Labute approximate surface area is 230 Å². The normalized spacial score (nSPS) is 11.6. The minimum atomic E-state index is -0.0626. The number of aryl methyl sites for hydroxylation is 2. The molecule has 6 aromatic rings. The van der Waals surface area contributed by atoms with Crippen molar-refractivity contribution < 1.29 is 28.5 Å². The van der Waals surface area contributed by atoms with Crippen LogP contribution in [0.25, 0.3) is 54.7 Å². The van der Waals surface area contributed by atoms with Crippen LogP contribution >= 0.6 is 0 Å². The van der Waals surface area contributed by atoms with E-state index in [1.807, 2.05) is 83.9 Å². The molecular weight excluding hydrogens is 508 g/mol. The maximum Gasteiger partial charge on any atom is 0.188 e. The van der Waals surface area contributed by atoms with Gasteiger partial charge < -0.3 is 28.1 Å². The Morgan fingerprint density at radius 3 is 1.40 bits per heavy atom. The molecule has 0 aliphatic carbocycles. The first kappa shape index (κ1) is 25.6. The second-order valence-electron chi connectivity index (χ2n) is 9.62. The van der Waals surface area contributed by atoms with Crippen molar-refractivity contribution in [3.63, 3.8) is 0 Å². The zero-order chi connectivity index (χ0) is 28.0. The van der Waals surface area contributed by atoms with Crippen molar-refractivity contribution in [1.82, 2.24) is 9.13 Å². The van der Waals surface area contributed by atoms with E-state index < -0.39 is 0 Å². The molecule has 0 unspecified atom stereocenters. The maximum atomic E-state index is 12.8. The van der Waals surface area contributed by atoms with Gasteiger partial charge in [-0.05, 0) is 24.3 Å². The van der Waals surface area contributed by atoms with Crippen LogP contribution in [0.4, 0.5) is 0 Å². The van der Waals surface area contributed by atoms with E-state index in [0.717, 1.165) is 56.2 Å². The summed E-state index contributed by atoms with van der Waals surface area (Å²) in [6.07, 6.45) is 1.58. The molecule has 0 aliphatic heterocycles. The number of para-hydroxylation sites is 2.